The van der Waals surface area contributed by atoms with E-state index in [1.807, 2.05) is 0 Å². The Morgan fingerprint density at radius 2 is 2.21 bits per heavy atom. The minimum atomic E-state index is -3.90. The maximum absolute atomic E-state index is 13.6. The van der Waals surface area contributed by atoms with Crippen LogP contribution < -0.4 is 10.5 Å². The van der Waals surface area contributed by atoms with E-state index in [4.69, 9.17) is 9.66 Å². The van der Waals surface area contributed by atoms with Gasteiger partial charge in [0.25, 0.3) is 0 Å². The molecule has 1 heterocycles. The molecule has 0 saturated heterocycles. The molecule has 0 spiro atoms. The summed E-state index contributed by atoms with van der Waals surface area (Å²) in [6.45, 7) is 0.369. The number of sulfonamides is 1. The van der Waals surface area contributed by atoms with E-state index in [2.05, 4.69) is 15.5 Å². The van der Waals surface area contributed by atoms with Gasteiger partial charge in [-0.1, -0.05) is 5.16 Å². The van der Waals surface area contributed by atoms with Crippen LogP contribution >= 0.6 is 0 Å². The lowest BCUT2D eigenvalue weighted by molar-refractivity contribution is 0.379. The molecule has 0 radical (unpaired) electrons. The normalized spacial score (nSPS) is 11.5. The Kier molecular flexibility index (Phi) is 3.76. The zero-order chi connectivity index (χ0) is 13.9. The Morgan fingerprint density at radius 1 is 1.42 bits per heavy atom. The average molecular weight is 286 g/mol. The molecule has 0 unspecified atom stereocenters. The molecule has 19 heavy (non-hydrogen) atoms. The quantitative estimate of drug-likeness (QED) is 0.828. The van der Waals surface area contributed by atoms with Crippen molar-refractivity contribution in [2.75, 3.05) is 11.9 Å². The molecular weight excluding hydrogens is 275 g/mol. The molecule has 0 aliphatic carbocycles. The monoisotopic (exact) mass is 286 g/mol. The van der Waals surface area contributed by atoms with E-state index in [9.17, 15) is 12.8 Å². The van der Waals surface area contributed by atoms with Crippen LogP contribution in [0.1, 0.15) is 5.89 Å². The Balaban J connectivity index is 2.01. The molecule has 0 amide bonds. The summed E-state index contributed by atoms with van der Waals surface area (Å²) in [6.07, 6.45) is 1.70. The van der Waals surface area contributed by atoms with Gasteiger partial charge in [0, 0.05) is 13.0 Å². The van der Waals surface area contributed by atoms with E-state index in [0.717, 1.165) is 6.07 Å². The molecule has 102 valence electrons. The second kappa shape index (κ2) is 5.33. The van der Waals surface area contributed by atoms with Crippen LogP contribution in [0.3, 0.4) is 0 Å². The Hall–Kier alpha value is -2.00. The van der Waals surface area contributed by atoms with Crippen molar-refractivity contribution in [2.24, 2.45) is 5.14 Å². The highest BCUT2D eigenvalue weighted by molar-refractivity contribution is 7.89. The van der Waals surface area contributed by atoms with Crippen molar-refractivity contribution < 1.29 is 17.3 Å². The van der Waals surface area contributed by atoms with E-state index in [-0.39, 0.29) is 10.6 Å². The van der Waals surface area contributed by atoms with E-state index < -0.39 is 15.8 Å². The lowest BCUT2D eigenvalue weighted by atomic mass is 10.3. The van der Waals surface area contributed by atoms with Crippen LogP contribution in [0.4, 0.5) is 10.1 Å². The molecule has 1 aromatic heterocycles. The molecule has 0 saturated carbocycles. The van der Waals surface area contributed by atoms with Crippen molar-refractivity contribution in [1.82, 2.24) is 10.1 Å². The second-order valence-electron chi connectivity index (χ2n) is 3.70. The minimum Gasteiger partial charge on any atom is -0.382 e. The summed E-state index contributed by atoms with van der Waals surface area (Å²) in [7, 11) is -3.90. The van der Waals surface area contributed by atoms with Crippen LogP contribution in [0, 0.1) is 5.82 Å². The van der Waals surface area contributed by atoms with Crippen LogP contribution in [0.5, 0.6) is 0 Å². The third-order valence-corrected chi connectivity index (χ3v) is 3.24. The first-order valence-corrected chi connectivity index (χ1v) is 6.83. The third kappa shape index (κ3) is 3.48. The number of nitrogens with two attached hydrogens (primary N) is 1. The maximum Gasteiger partial charge on any atom is 0.238 e. The van der Waals surface area contributed by atoms with Crippen LogP contribution in [0.2, 0.25) is 0 Å². The summed E-state index contributed by atoms with van der Waals surface area (Å²) in [5, 5.41) is 11.1. The highest BCUT2D eigenvalue weighted by Gasteiger charge is 2.11. The number of nitrogens with one attached hydrogen (secondary N) is 1. The molecule has 7 nitrogen and oxygen atoms in total. The molecule has 0 atom stereocenters. The highest BCUT2D eigenvalue weighted by Crippen LogP contribution is 2.18. The number of primary sulfonamides is 1. The Morgan fingerprint density at radius 3 is 2.79 bits per heavy atom. The largest absolute Gasteiger partial charge is 0.382 e. The van der Waals surface area contributed by atoms with Crippen molar-refractivity contribution in [1.29, 1.82) is 0 Å². The van der Waals surface area contributed by atoms with E-state index >= 15 is 0 Å². The topological polar surface area (TPSA) is 111 Å². The third-order valence-electron chi connectivity index (χ3n) is 2.33. The lowest BCUT2D eigenvalue weighted by Crippen LogP contribution is -2.13. The van der Waals surface area contributed by atoms with Crippen molar-refractivity contribution in [3.63, 3.8) is 0 Å². The van der Waals surface area contributed by atoms with Gasteiger partial charge in [0.05, 0.1) is 10.6 Å². The van der Waals surface area contributed by atoms with Gasteiger partial charge in [-0.3, -0.25) is 0 Å². The molecule has 0 fully saturated rings. The molecular formula is C10H11FN4O3S. The summed E-state index contributed by atoms with van der Waals surface area (Å²) in [5.74, 6) is -0.272. The molecule has 2 aromatic rings. The molecule has 0 aliphatic heterocycles. The standard InChI is InChI=1S/C10H11FN4O3S/c11-8-5-7(19(12,16)17)1-2-9(8)13-4-3-10-14-6-15-18-10/h1-2,5-6,13H,3-4H2,(H2,12,16,17). The van der Waals surface area contributed by atoms with Crippen LogP contribution in [-0.4, -0.2) is 25.1 Å². The smallest absolute Gasteiger partial charge is 0.238 e. The fourth-order valence-electron chi connectivity index (χ4n) is 1.43. The highest BCUT2D eigenvalue weighted by atomic mass is 32.2. The van der Waals surface area contributed by atoms with Gasteiger partial charge in [-0.25, -0.2) is 17.9 Å². The number of halogens is 1. The fourth-order valence-corrected chi connectivity index (χ4v) is 1.95. The zero-order valence-electron chi connectivity index (χ0n) is 9.71. The number of aromatic nitrogens is 2. The van der Waals surface area contributed by atoms with E-state index in [0.29, 0.717) is 18.9 Å². The lowest BCUT2D eigenvalue weighted by Gasteiger charge is -2.07. The van der Waals surface area contributed by atoms with Crippen molar-refractivity contribution in [3.05, 3.63) is 36.2 Å². The fraction of sp³-hybridized carbons (Fsp3) is 0.200. The first kappa shape index (κ1) is 13.4. The summed E-state index contributed by atoms with van der Waals surface area (Å²) < 4.78 is 40.4. The number of rotatable bonds is 5. The Bertz CT molecular complexity index is 657. The zero-order valence-corrected chi connectivity index (χ0v) is 10.5. The van der Waals surface area contributed by atoms with Gasteiger partial charge >= 0.3 is 0 Å². The maximum atomic E-state index is 13.6. The number of hydrogen-bond donors (Lipinski definition) is 2. The van der Waals surface area contributed by atoms with Crippen LogP contribution in [0.25, 0.3) is 0 Å². The number of benzene rings is 1. The molecule has 9 heteroatoms. The molecule has 1 aromatic carbocycles. The minimum absolute atomic E-state index is 0.173. The molecule has 0 bridgehead atoms. The predicted molar refractivity (Wildman–Crippen MR) is 64.3 cm³/mol. The SMILES string of the molecule is NS(=O)(=O)c1ccc(NCCc2ncno2)c(F)c1. The molecule has 3 N–H and O–H groups in total. The molecule has 0 aliphatic rings. The predicted octanol–water partition coefficient (Wildman–Crippen LogP) is 0.511. The summed E-state index contributed by atoms with van der Waals surface area (Å²) >= 11 is 0. The first-order valence-electron chi connectivity index (χ1n) is 5.28. The number of anilines is 1. The molecule has 2 rings (SSSR count). The van der Waals surface area contributed by atoms with Crippen molar-refractivity contribution in [3.8, 4) is 0 Å². The average Bonchev–Trinajstić information content (AvgIpc) is 2.83. The van der Waals surface area contributed by atoms with Crippen LogP contribution in [0.15, 0.2) is 33.9 Å². The Labute approximate surface area is 108 Å². The first-order chi connectivity index (χ1) is 8.97. The van der Waals surface area contributed by atoms with Crippen LogP contribution in [-0.2, 0) is 16.4 Å². The number of nitrogens with zero attached hydrogens (tertiary/aromatic N) is 2. The van der Waals surface area contributed by atoms with Gasteiger partial charge in [-0.05, 0) is 18.2 Å². The van der Waals surface area contributed by atoms with Crippen molar-refractivity contribution >= 4 is 15.7 Å². The summed E-state index contributed by atoms with van der Waals surface area (Å²) in [6, 6.07) is 3.40. The summed E-state index contributed by atoms with van der Waals surface area (Å²) in [4.78, 5) is 3.54. The van der Waals surface area contributed by atoms with Gasteiger partial charge in [-0.2, -0.15) is 4.98 Å². The van der Waals surface area contributed by atoms with Crippen molar-refractivity contribution in [2.45, 2.75) is 11.3 Å². The van der Waals surface area contributed by atoms with Gasteiger partial charge in [0.1, 0.15) is 5.82 Å². The van der Waals surface area contributed by atoms with E-state index in [1.54, 1.807) is 0 Å². The van der Waals surface area contributed by atoms with E-state index in [1.165, 1.54) is 18.5 Å². The van der Waals surface area contributed by atoms with Gasteiger partial charge in [0.2, 0.25) is 15.9 Å². The summed E-state index contributed by atoms with van der Waals surface area (Å²) in [5.41, 5.74) is 0.173. The van der Waals surface area contributed by atoms with Gasteiger partial charge in [0.15, 0.2) is 6.33 Å². The number of hydrogen-bond acceptors (Lipinski definition) is 6. The van der Waals surface area contributed by atoms with Gasteiger partial charge in [-0.15, -0.1) is 0 Å². The van der Waals surface area contributed by atoms with Gasteiger partial charge < -0.3 is 9.84 Å². The second-order valence-corrected chi connectivity index (χ2v) is 5.26.